The molecule has 0 aromatic rings. The van der Waals surface area contributed by atoms with Gasteiger partial charge in [0, 0.05) is 0 Å². The van der Waals surface area contributed by atoms with Gasteiger partial charge >= 0.3 is 7.80 Å². The first-order valence-corrected chi connectivity index (χ1v) is 3.02. The first kappa shape index (κ1) is 3.64. The van der Waals surface area contributed by atoms with E-state index in [4.69, 9.17) is 0 Å². The van der Waals surface area contributed by atoms with E-state index in [1.807, 2.05) is 0 Å². The van der Waals surface area contributed by atoms with Gasteiger partial charge < -0.3 is 0 Å². The van der Waals surface area contributed by atoms with E-state index in [1.54, 1.807) is 0 Å². The molecule has 1 unspecified atom stereocenters. The second-order valence-corrected chi connectivity index (χ2v) is 2.25. The first-order valence-electron chi connectivity index (χ1n) is 1.58. The van der Waals surface area contributed by atoms with Gasteiger partial charge in [0.2, 0.25) is 11.9 Å². The minimum absolute atomic E-state index is 0.523. The molecule has 0 aromatic heterocycles. The van der Waals surface area contributed by atoms with Gasteiger partial charge in [0.15, 0.2) is 0 Å². The monoisotopic (exact) mass is 100.0 g/mol. The Hall–Kier alpha value is -0.540. The van der Waals surface area contributed by atoms with Crippen LogP contribution in [-0.4, -0.2) is 6.29 Å². The molecule has 1 aliphatic rings. The molecule has 2 nitrogen and oxygen atoms in total. The van der Waals surface area contributed by atoms with Gasteiger partial charge in [-0.25, -0.2) is 0 Å². The van der Waals surface area contributed by atoms with Gasteiger partial charge in [0.1, 0.15) is 0 Å². The van der Waals surface area contributed by atoms with E-state index < -0.39 is 7.80 Å². The molecule has 1 heterocycles. The van der Waals surface area contributed by atoms with Gasteiger partial charge in [-0.05, 0) is 0 Å². The Morgan fingerprint density at radius 1 is 1.83 bits per heavy atom. The van der Waals surface area contributed by atoms with Crippen molar-refractivity contribution >= 4 is 7.80 Å². The van der Waals surface area contributed by atoms with Crippen LogP contribution in [0.5, 0.6) is 0 Å². The topological polar surface area (TPSA) is 29.1 Å². The maximum Gasteiger partial charge on any atom is 0.452 e. The lowest BCUT2D eigenvalue weighted by Gasteiger charge is -1.65. The first-order chi connectivity index (χ1) is 2.89. The molecule has 0 radical (unpaired) electrons. The maximum atomic E-state index is 10.2. The average Bonchev–Trinajstić information content (AvgIpc) is 1.86. The van der Waals surface area contributed by atoms with E-state index in [-0.39, 0.29) is 0 Å². The fourth-order valence-electron chi connectivity index (χ4n) is 0.253. The van der Waals surface area contributed by atoms with Gasteiger partial charge in [-0.2, -0.15) is 0 Å². The van der Waals surface area contributed by atoms with E-state index in [0.717, 1.165) is 0 Å². The molecule has 0 aromatic carbocycles. The molecule has 0 amide bonds. The molecule has 6 heavy (non-hydrogen) atoms. The molecule has 1 aliphatic heterocycles. The lowest BCUT2D eigenvalue weighted by Crippen LogP contribution is -1.96. The maximum absolute atomic E-state index is 10.2. The number of rotatable bonds is 0. The van der Waals surface area contributed by atoms with Crippen molar-refractivity contribution in [1.82, 2.24) is 5.32 Å². The van der Waals surface area contributed by atoms with Crippen LogP contribution in [0.25, 0.3) is 0 Å². The highest BCUT2D eigenvalue weighted by molar-refractivity contribution is 7.50. The zero-order valence-electron chi connectivity index (χ0n) is 3.06. The molecule has 0 fully saturated rings. The summed E-state index contributed by atoms with van der Waals surface area (Å²) in [6, 6.07) is 2.49. The molecular formula is C3H3NOP+. The van der Waals surface area contributed by atoms with Crippen LogP contribution in [0.1, 0.15) is 0 Å². The molecule has 0 saturated heterocycles. The Bertz CT molecular complexity index is 131. The van der Waals surface area contributed by atoms with Gasteiger partial charge in [-0.3, -0.25) is 5.32 Å². The van der Waals surface area contributed by atoms with Crippen LogP contribution >= 0.6 is 7.80 Å². The fourth-order valence-corrected chi connectivity index (χ4v) is 0.758. The summed E-state index contributed by atoms with van der Waals surface area (Å²) >= 11 is 0. The van der Waals surface area contributed by atoms with Crippen molar-refractivity contribution in [2.75, 3.05) is 6.29 Å². The van der Waals surface area contributed by atoms with Crippen molar-refractivity contribution < 1.29 is 4.57 Å². The fraction of sp³-hybridized carbons (Fsp3) is 0.333. The van der Waals surface area contributed by atoms with Gasteiger partial charge in [0.05, 0.1) is 6.04 Å². The van der Waals surface area contributed by atoms with E-state index in [9.17, 15) is 4.57 Å². The summed E-state index contributed by atoms with van der Waals surface area (Å²) in [5, 5.41) is 2.63. The molecule has 1 atom stereocenters. The molecule has 0 saturated carbocycles. The van der Waals surface area contributed by atoms with E-state index in [2.05, 4.69) is 17.0 Å². The predicted octanol–water partition coefficient (Wildman–Crippen LogP) is 0.293. The molecule has 3 heteroatoms. The molecule has 0 bridgehead atoms. The van der Waals surface area contributed by atoms with Crippen molar-refractivity contribution in [3.05, 3.63) is 0 Å². The van der Waals surface area contributed by atoms with Crippen molar-refractivity contribution in [3.8, 4) is 11.7 Å². The highest BCUT2D eigenvalue weighted by Gasteiger charge is 2.13. The smallest absolute Gasteiger partial charge is 0.299 e. The molecule has 0 spiro atoms. The third kappa shape index (κ3) is 0.502. The summed E-state index contributed by atoms with van der Waals surface area (Å²) in [7, 11) is -1.19. The predicted molar refractivity (Wildman–Crippen MR) is 23.4 cm³/mol. The summed E-state index contributed by atoms with van der Waals surface area (Å²) in [4.78, 5) is 0. The normalized spacial score (nSPS) is 21.7. The van der Waals surface area contributed by atoms with Crippen LogP contribution in [0.2, 0.25) is 0 Å². The van der Waals surface area contributed by atoms with Crippen LogP contribution < -0.4 is 5.32 Å². The molecule has 0 aliphatic carbocycles. The molecule has 30 valence electrons. The summed E-state index contributed by atoms with van der Waals surface area (Å²) in [5.41, 5.74) is 2.47. The summed E-state index contributed by atoms with van der Waals surface area (Å²) in [6.07, 6.45) is 0.523. The SMILES string of the molecule is O=[P+]1C#CNC1. The zero-order valence-corrected chi connectivity index (χ0v) is 3.96. The summed E-state index contributed by atoms with van der Waals surface area (Å²) in [5.74, 6) is 0. The standard InChI is InChI=1S/C3H3NOP/c5-6-2-1-4-3-6/h4H,3H2/q+1. The van der Waals surface area contributed by atoms with Crippen molar-refractivity contribution in [2.45, 2.75) is 0 Å². The quantitative estimate of drug-likeness (QED) is 0.350. The number of nitrogens with one attached hydrogen (secondary N) is 1. The minimum atomic E-state index is -1.19. The van der Waals surface area contributed by atoms with Crippen molar-refractivity contribution in [3.63, 3.8) is 0 Å². The lowest BCUT2D eigenvalue weighted by atomic mass is 11.1. The van der Waals surface area contributed by atoms with Crippen LogP contribution in [0, 0.1) is 11.7 Å². The van der Waals surface area contributed by atoms with E-state index in [0.29, 0.717) is 6.29 Å². The second kappa shape index (κ2) is 1.28. The molecule has 1 N–H and O–H groups in total. The molecular weight excluding hydrogens is 97.0 g/mol. The Labute approximate surface area is 36.7 Å². The Kier molecular flexibility index (Phi) is 0.777. The zero-order chi connectivity index (χ0) is 4.41. The van der Waals surface area contributed by atoms with Crippen LogP contribution in [0.15, 0.2) is 0 Å². The number of hydrogen-bond donors (Lipinski definition) is 1. The summed E-state index contributed by atoms with van der Waals surface area (Å²) < 4.78 is 10.2. The average molecular weight is 100 g/mol. The van der Waals surface area contributed by atoms with E-state index in [1.165, 1.54) is 0 Å². The van der Waals surface area contributed by atoms with Crippen LogP contribution in [0.3, 0.4) is 0 Å². The van der Waals surface area contributed by atoms with Crippen LogP contribution in [-0.2, 0) is 4.57 Å². The number of hydrogen-bond acceptors (Lipinski definition) is 2. The molecule has 1 rings (SSSR count). The Balaban J connectivity index is 2.68. The van der Waals surface area contributed by atoms with Crippen molar-refractivity contribution in [2.24, 2.45) is 0 Å². The van der Waals surface area contributed by atoms with Crippen LogP contribution in [0.4, 0.5) is 0 Å². The summed E-state index contributed by atoms with van der Waals surface area (Å²) in [6.45, 7) is 0. The van der Waals surface area contributed by atoms with Gasteiger partial charge in [-0.15, -0.1) is 0 Å². The second-order valence-electron chi connectivity index (χ2n) is 0.950. The lowest BCUT2D eigenvalue weighted by molar-refractivity contribution is 0.593. The highest BCUT2D eigenvalue weighted by atomic mass is 31.1. The largest absolute Gasteiger partial charge is 0.452 e. The van der Waals surface area contributed by atoms with Gasteiger partial charge in [0.25, 0.3) is 0 Å². The highest BCUT2D eigenvalue weighted by Crippen LogP contribution is 2.16. The minimum Gasteiger partial charge on any atom is -0.299 e. The third-order valence-electron chi connectivity index (χ3n) is 0.492. The Morgan fingerprint density at radius 2 is 2.67 bits per heavy atom. The van der Waals surface area contributed by atoms with E-state index >= 15 is 0 Å². The Morgan fingerprint density at radius 3 is 2.83 bits per heavy atom. The van der Waals surface area contributed by atoms with Crippen molar-refractivity contribution in [1.29, 1.82) is 0 Å². The van der Waals surface area contributed by atoms with Gasteiger partial charge in [-0.1, -0.05) is 4.57 Å². The third-order valence-corrected chi connectivity index (χ3v) is 1.30.